The average molecular weight is 443 g/mol. The molecule has 2 atom stereocenters. The molecule has 0 saturated carbocycles. The predicted octanol–water partition coefficient (Wildman–Crippen LogP) is 2.91. The average Bonchev–Trinajstić information content (AvgIpc) is 2.67. The summed E-state index contributed by atoms with van der Waals surface area (Å²) in [5.41, 5.74) is 7.60. The monoisotopic (exact) mass is 442 g/mol. The number of fused-ring (bicyclic) bond motifs is 1. The molecule has 6 nitrogen and oxygen atoms in total. The van der Waals surface area contributed by atoms with Crippen molar-refractivity contribution >= 4 is 39.1 Å². The van der Waals surface area contributed by atoms with Crippen molar-refractivity contribution in [3.8, 4) is 0 Å². The van der Waals surface area contributed by atoms with Gasteiger partial charge in [-0.1, -0.05) is 41.4 Å². The molecule has 2 unspecified atom stereocenters. The molecular weight excluding hydrogens is 423 g/mol. The number of rotatable bonds is 6. The Morgan fingerprint density at radius 2 is 1.96 bits per heavy atom. The number of carbonyl (C=O) groups is 1. The maximum atomic E-state index is 12.6. The number of carbonyl (C=O) groups excluding carboxylic acids is 1. The molecule has 0 bridgehead atoms. The molecule has 0 fully saturated rings. The fourth-order valence-corrected chi connectivity index (χ4v) is 4.89. The minimum atomic E-state index is -3.73. The minimum Gasteiger partial charge on any atom is -0.378 e. The number of aryl methyl sites for hydroxylation is 1. The first-order valence-electron chi connectivity index (χ1n) is 8.74. The van der Waals surface area contributed by atoms with Crippen LogP contribution in [0.2, 0.25) is 10.0 Å². The van der Waals surface area contributed by atoms with E-state index >= 15 is 0 Å². The lowest BCUT2D eigenvalue weighted by atomic mass is 9.81. The molecule has 2 aromatic carbocycles. The quantitative estimate of drug-likeness (QED) is 0.638. The molecule has 28 heavy (non-hydrogen) atoms. The van der Waals surface area contributed by atoms with E-state index in [4.69, 9.17) is 28.9 Å². The number of hydrogen-bond acceptors (Lipinski definition) is 4. The highest BCUT2D eigenvalue weighted by Gasteiger charge is 2.25. The third-order valence-corrected chi connectivity index (χ3v) is 7.07. The van der Waals surface area contributed by atoms with Gasteiger partial charge in [-0.15, -0.1) is 0 Å². The Morgan fingerprint density at radius 3 is 2.64 bits per heavy atom. The van der Waals surface area contributed by atoms with Crippen LogP contribution in [0.15, 0.2) is 41.3 Å². The molecule has 1 aliphatic rings. The van der Waals surface area contributed by atoms with E-state index in [1.165, 1.54) is 18.2 Å². The molecule has 0 saturated heterocycles. The van der Waals surface area contributed by atoms with Crippen LogP contribution in [0.1, 0.15) is 41.6 Å². The number of aliphatic hydroxyl groups excluding tert-OH is 1. The molecule has 3 rings (SSSR count). The summed E-state index contributed by atoms with van der Waals surface area (Å²) in [5.74, 6) is -0.817. The fourth-order valence-electron chi connectivity index (χ4n) is 3.42. The summed E-state index contributed by atoms with van der Waals surface area (Å²) in [4.78, 5) is 11.3. The zero-order valence-electron chi connectivity index (χ0n) is 14.9. The minimum absolute atomic E-state index is 0.0129. The van der Waals surface area contributed by atoms with Gasteiger partial charge in [-0.25, -0.2) is 13.1 Å². The number of aliphatic hydroxyl groups is 1. The van der Waals surface area contributed by atoms with Gasteiger partial charge < -0.3 is 10.8 Å². The largest absolute Gasteiger partial charge is 0.378 e. The number of amides is 1. The number of sulfonamides is 1. The first kappa shape index (κ1) is 21.1. The van der Waals surface area contributed by atoms with Gasteiger partial charge in [0.2, 0.25) is 10.0 Å². The topological polar surface area (TPSA) is 109 Å². The van der Waals surface area contributed by atoms with Crippen LogP contribution in [-0.4, -0.2) is 26.0 Å². The number of nitrogens with one attached hydrogen (secondary N) is 1. The van der Waals surface area contributed by atoms with Gasteiger partial charge in [-0.05, 0) is 60.1 Å². The van der Waals surface area contributed by atoms with Crippen molar-refractivity contribution in [2.24, 2.45) is 5.73 Å². The van der Waals surface area contributed by atoms with Crippen LogP contribution in [0.4, 0.5) is 0 Å². The van der Waals surface area contributed by atoms with E-state index in [0.717, 1.165) is 30.4 Å². The van der Waals surface area contributed by atoms with E-state index in [-0.39, 0.29) is 27.4 Å². The Balaban J connectivity index is 1.77. The van der Waals surface area contributed by atoms with Crippen molar-refractivity contribution in [1.29, 1.82) is 0 Å². The Morgan fingerprint density at radius 1 is 1.21 bits per heavy atom. The molecule has 0 heterocycles. The van der Waals surface area contributed by atoms with Crippen molar-refractivity contribution in [3.63, 3.8) is 0 Å². The van der Waals surface area contributed by atoms with Crippen molar-refractivity contribution in [2.75, 3.05) is 6.54 Å². The molecule has 0 radical (unpaired) electrons. The zero-order chi connectivity index (χ0) is 20.5. The second-order valence-electron chi connectivity index (χ2n) is 6.78. The van der Waals surface area contributed by atoms with Crippen LogP contribution in [-0.2, 0) is 21.2 Å². The molecule has 1 amide bonds. The highest BCUT2D eigenvalue weighted by molar-refractivity contribution is 7.89. The van der Waals surface area contributed by atoms with Gasteiger partial charge >= 0.3 is 0 Å². The van der Waals surface area contributed by atoms with Crippen LogP contribution in [0.5, 0.6) is 0 Å². The van der Waals surface area contributed by atoms with Crippen molar-refractivity contribution in [2.45, 2.75) is 36.2 Å². The highest BCUT2D eigenvalue weighted by Crippen LogP contribution is 2.33. The van der Waals surface area contributed by atoms with E-state index in [1.807, 2.05) is 6.07 Å². The number of benzene rings is 2. The normalized spacial score (nSPS) is 17.8. The van der Waals surface area contributed by atoms with Crippen molar-refractivity contribution in [1.82, 2.24) is 4.72 Å². The Hall–Kier alpha value is -1.64. The van der Waals surface area contributed by atoms with Crippen LogP contribution >= 0.6 is 23.2 Å². The summed E-state index contributed by atoms with van der Waals surface area (Å²) >= 11 is 11.8. The third-order valence-electron chi connectivity index (χ3n) is 4.91. The number of halogens is 2. The molecule has 150 valence electrons. The Kier molecular flexibility index (Phi) is 6.31. The van der Waals surface area contributed by atoms with Gasteiger partial charge in [-0.2, -0.15) is 0 Å². The van der Waals surface area contributed by atoms with Gasteiger partial charge in [0.15, 0.2) is 6.10 Å². The number of nitrogens with two attached hydrogens (primary N) is 1. The zero-order valence-corrected chi connectivity index (χ0v) is 17.2. The molecule has 4 N–H and O–H groups in total. The van der Waals surface area contributed by atoms with Crippen LogP contribution in [0, 0.1) is 0 Å². The summed E-state index contributed by atoms with van der Waals surface area (Å²) in [6.07, 6.45) is 1.15. The lowest BCUT2D eigenvalue weighted by molar-refractivity contribution is -0.126. The molecule has 0 aliphatic heterocycles. The van der Waals surface area contributed by atoms with E-state index in [0.29, 0.717) is 5.56 Å². The highest BCUT2D eigenvalue weighted by atomic mass is 35.5. The number of hydrogen-bond donors (Lipinski definition) is 3. The molecule has 0 aromatic heterocycles. The summed E-state index contributed by atoms with van der Waals surface area (Å²) in [6, 6.07) is 9.42. The van der Waals surface area contributed by atoms with Gasteiger partial charge in [0.25, 0.3) is 5.91 Å². The molecule has 0 spiro atoms. The predicted molar refractivity (Wildman–Crippen MR) is 108 cm³/mol. The second-order valence-corrected chi connectivity index (χ2v) is 9.36. The van der Waals surface area contributed by atoms with Gasteiger partial charge in [0.05, 0.1) is 14.9 Å². The van der Waals surface area contributed by atoms with Crippen LogP contribution in [0.25, 0.3) is 0 Å². The molecular formula is C19H20Cl2N2O4S. The van der Waals surface area contributed by atoms with E-state index in [9.17, 15) is 18.3 Å². The molecule has 9 heteroatoms. The van der Waals surface area contributed by atoms with Crippen LogP contribution in [0.3, 0.4) is 0 Å². The van der Waals surface area contributed by atoms with Crippen molar-refractivity contribution < 1.29 is 18.3 Å². The van der Waals surface area contributed by atoms with E-state index in [2.05, 4.69) is 4.72 Å². The molecule has 1 aliphatic carbocycles. The molecule has 2 aromatic rings. The summed E-state index contributed by atoms with van der Waals surface area (Å²) in [6.45, 7) is 0.229. The first-order valence-corrected chi connectivity index (χ1v) is 11.0. The van der Waals surface area contributed by atoms with Crippen molar-refractivity contribution in [3.05, 3.63) is 63.1 Å². The Bertz CT molecular complexity index is 1010. The maximum Gasteiger partial charge on any atom is 0.250 e. The Labute approximate surface area is 173 Å². The number of primary amides is 1. The van der Waals surface area contributed by atoms with Gasteiger partial charge in [0, 0.05) is 6.54 Å². The first-order chi connectivity index (χ1) is 13.2. The van der Waals surface area contributed by atoms with E-state index < -0.39 is 22.0 Å². The second kappa shape index (κ2) is 8.39. The lowest BCUT2D eigenvalue weighted by Gasteiger charge is -2.26. The maximum absolute atomic E-state index is 12.6. The standard InChI is InChI=1S/C19H20Cl2N2O4S/c20-16-7-5-14(9-17(16)21)28(26,27)23-10-13-3-1-2-11-8-12(4-6-15(11)13)18(24)19(22)25/h4-9,13,18,23-24H,1-3,10H2,(H2,22,25). The SMILES string of the molecule is NC(=O)C(O)c1ccc2c(c1)CCCC2CNS(=O)(=O)c1ccc(Cl)c(Cl)c1. The smallest absolute Gasteiger partial charge is 0.250 e. The fraction of sp³-hybridized carbons (Fsp3) is 0.316. The van der Waals surface area contributed by atoms with Crippen LogP contribution < -0.4 is 10.5 Å². The lowest BCUT2D eigenvalue weighted by Crippen LogP contribution is -2.30. The van der Waals surface area contributed by atoms with E-state index in [1.54, 1.807) is 12.1 Å². The summed E-state index contributed by atoms with van der Waals surface area (Å²) in [7, 11) is -3.73. The summed E-state index contributed by atoms with van der Waals surface area (Å²) in [5, 5.41) is 10.3. The summed E-state index contributed by atoms with van der Waals surface area (Å²) < 4.78 is 27.8. The van der Waals surface area contributed by atoms with Gasteiger partial charge in [0.1, 0.15) is 0 Å². The van der Waals surface area contributed by atoms with Gasteiger partial charge in [-0.3, -0.25) is 4.79 Å². The third kappa shape index (κ3) is 4.50.